The third-order valence-electron chi connectivity index (χ3n) is 6.32. The fourth-order valence-corrected chi connectivity index (χ4v) is 4.42. The monoisotopic (exact) mass is 453 g/mol. The van der Waals surface area contributed by atoms with Gasteiger partial charge in [0.05, 0.1) is 22.9 Å². The molecular formula is C27H27N5O2. The van der Waals surface area contributed by atoms with E-state index in [1.165, 1.54) is 12.8 Å². The summed E-state index contributed by atoms with van der Waals surface area (Å²) in [6.07, 6.45) is 9.95. The molecule has 2 aromatic heterocycles. The molecule has 4 aromatic rings. The van der Waals surface area contributed by atoms with E-state index in [4.69, 9.17) is 0 Å². The minimum atomic E-state index is -0.209. The minimum Gasteiger partial charge on any atom is -0.338 e. The molecule has 5 rings (SSSR count). The Hall–Kier alpha value is -4.00. The number of carbonyl (C=O) groups is 2. The summed E-state index contributed by atoms with van der Waals surface area (Å²) in [4.78, 5) is 37.2. The molecule has 2 amide bonds. The van der Waals surface area contributed by atoms with Crippen molar-refractivity contribution in [1.29, 1.82) is 0 Å². The first-order chi connectivity index (χ1) is 16.7. The molecule has 0 unspecified atom stereocenters. The SMILES string of the molecule is O=C(Nc1cccnc1)c1ccc2nc(-c3ccc(NC(=O)C4CCCCCC4)cc3)[nH]c2c1. The van der Waals surface area contributed by atoms with Gasteiger partial charge in [0, 0.05) is 28.9 Å². The van der Waals surface area contributed by atoms with Gasteiger partial charge < -0.3 is 15.6 Å². The molecule has 2 aromatic carbocycles. The van der Waals surface area contributed by atoms with Crippen molar-refractivity contribution in [3.05, 3.63) is 72.6 Å². The number of aromatic nitrogens is 3. The first kappa shape index (κ1) is 21.8. The summed E-state index contributed by atoms with van der Waals surface area (Å²) in [6, 6.07) is 16.6. The largest absolute Gasteiger partial charge is 0.338 e. The smallest absolute Gasteiger partial charge is 0.255 e. The molecule has 7 heteroatoms. The topological polar surface area (TPSA) is 99.8 Å². The molecule has 7 nitrogen and oxygen atoms in total. The highest BCUT2D eigenvalue weighted by atomic mass is 16.2. The van der Waals surface area contributed by atoms with E-state index >= 15 is 0 Å². The molecule has 1 saturated carbocycles. The number of pyridine rings is 1. The highest BCUT2D eigenvalue weighted by Gasteiger charge is 2.20. The van der Waals surface area contributed by atoms with Crippen molar-refractivity contribution in [2.45, 2.75) is 38.5 Å². The number of nitrogens with zero attached hydrogens (tertiary/aromatic N) is 2. The molecule has 1 aliphatic carbocycles. The number of benzene rings is 2. The Morgan fingerprint density at radius 2 is 1.68 bits per heavy atom. The lowest BCUT2D eigenvalue weighted by atomic mass is 9.99. The molecule has 1 aliphatic rings. The number of H-pyrrole nitrogens is 1. The van der Waals surface area contributed by atoms with Crippen LogP contribution in [0.4, 0.5) is 11.4 Å². The molecule has 0 saturated heterocycles. The molecule has 2 heterocycles. The van der Waals surface area contributed by atoms with E-state index in [1.807, 2.05) is 30.3 Å². The molecule has 34 heavy (non-hydrogen) atoms. The number of hydrogen-bond acceptors (Lipinski definition) is 4. The average molecular weight is 454 g/mol. The van der Waals surface area contributed by atoms with Gasteiger partial charge in [-0.05, 0) is 67.4 Å². The van der Waals surface area contributed by atoms with Crippen molar-refractivity contribution in [3.63, 3.8) is 0 Å². The minimum absolute atomic E-state index is 0.113. The van der Waals surface area contributed by atoms with E-state index in [2.05, 4.69) is 25.6 Å². The van der Waals surface area contributed by atoms with Crippen LogP contribution in [-0.4, -0.2) is 26.8 Å². The summed E-state index contributed by atoms with van der Waals surface area (Å²) in [5.74, 6) is 0.735. The summed E-state index contributed by atoms with van der Waals surface area (Å²) in [5, 5.41) is 5.91. The number of anilines is 2. The lowest BCUT2D eigenvalue weighted by molar-refractivity contribution is -0.120. The van der Waals surface area contributed by atoms with Crippen LogP contribution in [0, 0.1) is 5.92 Å². The number of carbonyl (C=O) groups excluding carboxylic acids is 2. The number of hydrogen-bond donors (Lipinski definition) is 3. The summed E-state index contributed by atoms with van der Waals surface area (Å²) in [6.45, 7) is 0. The lowest BCUT2D eigenvalue weighted by Crippen LogP contribution is -2.22. The van der Waals surface area contributed by atoms with Gasteiger partial charge in [-0.15, -0.1) is 0 Å². The molecular weight excluding hydrogens is 426 g/mol. The zero-order valence-electron chi connectivity index (χ0n) is 18.9. The van der Waals surface area contributed by atoms with Crippen LogP contribution in [0.2, 0.25) is 0 Å². The van der Waals surface area contributed by atoms with E-state index in [9.17, 15) is 9.59 Å². The van der Waals surface area contributed by atoms with Crippen LogP contribution in [0.3, 0.4) is 0 Å². The van der Waals surface area contributed by atoms with E-state index < -0.39 is 0 Å². The molecule has 1 fully saturated rings. The summed E-state index contributed by atoms with van der Waals surface area (Å²) < 4.78 is 0. The van der Waals surface area contributed by atoms with Crippen molar-refractivity contribution in [2.75, 3.05) is 10.6 Å². The van der Waals surface area contributed by atoms with Crippen LogP contribution in [-0.2, 0) is 4.79 Å². The number of amides is 2. The van der Waals surface area contributed by atoms with Crippen molar-refractivity contribution in [2.24, 2.45) is 5.92 Å². The quantitative estimate of drug-likeness (QED) is 0.333. The molecule has 0 bridgehead atoms. The first-order valence-corrected chi connectivity index (χ1v) is 11.8. The Balaban J connectivity index is 1.28. The number of aromatic amines is 1. The van der Waals surface area contributed by atoms with Gasteiger partial charge in [0.25, 0.3) is 5.91 Å². The maximum absolute atomic E-state index is 12.6. The van der Waals surface area contributed by atoms with Gasteiger partial charge in [-0.25, -0.2) is 4.98 Å². The Morgan fingerprint density at radius 1 is 0.882 bits per heavy atom. The van der Waals surface area contributed by atoms with E-state index in [-0.39, 0.29) is 17.7 Å². The lowest BCUT2D eigenvalue weighted by Gasteiger charge is -2.14. The van der Waals surface area contributed by atoms with Gasteiger partial charge in [-0.1, -0.05) is 25.7 Å². The fraction of sp³-hybridized carbons (Fsp3) is 0.259. The second-order valence-corrected chi connectivity index (χ2v) is 8.77. The zero-order valence-corrected chi connectivity index (χ0v) is 18.9. The summed E-state index contributed by atoms with van der Waals surface area (Å²) in [7, 11) is 0. The maximum Gasteiger partial charge on any atom is 0.255 e. The zero-order chi connectivity index (χ0) is 23.3. The first-order valence-electron chi connectivity index (χ1n) is 11.8. The molecule has 0 radical (unpaired) electrons. The van der Waals surface area contributed by atoms with Gasteiger partial charge in [-0.2, -0.15) is 0 Å². The van der Waals surface area contributed by atoms with Gasteiger partial charge in [0.15, 0.2) is 0 Å². The van der Waals surface area contributed by atoms with Gasteiger partial charge in [0.1, 0.15) is 5.82 Å². The number of rotatable bonds is 5. The van der Waals surface area contributed by atoms with Crippen LogP contribution in [0.5, 0.6) is 0 Å². The van der Waals surface area contributed by atoms with Crippen molar-refractivity contribution in [1.82, 2.24) is 15.0 Å². The maximum atomic E-state index is 12.6. The summed E-state index contributed by atoms with van der Waals surface area (Å²) >= 11 is 0. The van der Waals surface area contributed by atoms with Crippen molar-refractivity contribution in [3.8, 4) is 11.4 Å². The summed E-state index contributed by atoms with van der Waals surface area (Å²) in [5.41, 5.74) is 4.43. The second kappa shape index (κ2) is 9.87. The molecule has 0 spiro atoms. The number of nitrogens with one attached hydrogen (secondary N) is 3. The van der Waals surface area contributed by atoms with Gasteiger partial charge >= 0.3 is 0 Å². The third-order valence-corrected chi connectivity index (χ3v) is 6.32. The van der Waals surface area contributed by atoms with Crippen LogP contribution in [0.1, 0.15) is 48.9 Å². The standard InChI is InChI=1S/C27H27N5O2/c33-26(19-6-3-1-2-4-7-19)29-21-12-9-18(10-13-21)25-31-23-14-11-20(16-24(23)32-25)27(34)30-22-8-5-15-28-17-22/h5,8-17,19H,1-4,6-7H2,(H,29,33)(H,30,34)(H,31,32). The number of imidazole rings is 1. The predicted octanol–water partition coefficient (Wildman–Crippen LogP) is 5.79. The normalized spacial score (nSPS) is 14.5. The Bertz CT molecular complexity index is 1290. The van der Waals surface area contributed by atoms with Crippen molar-refractivity contribution < 1.29 is 9.59 Å². The molecule has 0 aliphatic heterocycles. The molecule has 172 valence electrons. The second-order valence-electron chi connectivity index (χ2n) is 8.77. The Kier molecular flexibility index (Phi) is 6.33. The van der Waals surface area contributed by atoms with Crippen molar-refractivity contribution >= 4 is 34.2 Å². The fourth-order valence-electron chi connectivity index (χ4n) is 4.42. The Morgan fingerprint density at radius 3 is 2.41 bits per heavy atom. The van der Waals surface area contributed by atoms with E-state index in [1.54, 1.807) is 36.7 Å². The Labute approximate surface area is 198 Å². The average Bonchev–Trinajstić information content (AvgIpc) is 3.09. The third kappa shape index (κ3) is 4.98. The highest BCUT2D eigenvalue weighted by Crippen LogP contribution is 2.26. The van der Waals surface area contributed by atoms with Crippen LogP contribution < -0.4 is 10.6 Å². The predicted molar refractivity (Wildman–Crippen MR) is 134 cm³/mol. The van der Waals surface area contributed by atoms with Crippen LogP contribution in [0.25, 0.3) is 22.4 Å². The van der Waals surface area contributed by atoms with E-state index in [0.29, 0.717) is 17.1 Å². The molecule has 0 atom stereocenters. The van der Waals surface area contributed by atoms with Crippen LogP contribution in [0.15, 0.2) is 67.0 Å². The highest BCUT2D eigenvalue weighted by molar-refractivity contribution is 6.06. The van der Waals surface area contributed by atoms with Gasteiger partial charge in [0.2, 0.25) is 5.91 Å². The number of fused-ring (bicyclic) bond motifs is 1. The molecule has 3 N–H and O–H groups in total. The van der Waals surface area contributed by atoms with E-state index in [0.717, 1.165) is 48.0 Å². The van der Waals surface area contributed by atoms with Gasteiger partial charge in [-0.3, -0.25) is 14.6 Å². The van der Waals surface area contributed by atoms with Crippen LogP contribution >= 0.6 is 0 Å².